The average Bonchev–Trinajstić information content (AvgIpc) is 2.74. The summed E-state index contributed by atoms with van der Waals surface area (Å²) in [5.74, 6) is -1.44. The summed E-state index contributed by atoms with van der Waals surface area (Å²) in [5.41, 5.74) is 0.816. The van der Waals surface area contributed by atoms with Gasteiger partial charge in [-0.15, -0.1) is 11.3 Å². The fourth-order valence-corrected chi connectivity index (χ4v) is 2.18. The second-order valence-electron chi connectivity index (χ2n) is 3.23. The maximum absolute atomic E-state index is 13.0. The number of hydrogen-bond acceptors (Lipinski definition) is 3. The number of nitrogens with zero attached hydrogens (tertiary/aromatic N) is 1. The lowest BCUT2D eigenvalue weighted by Gasteiger charge is -1.98. The van der Waals surface area contributed by atoms with Crippen molar-refractivity contribution in [2.75, 3.05) is 0 Å². The van der Waals surface area contributed by atoms with Crippen LogP contribution in [0.2, 0.25) is 0 Å². The number of hydrogen-bond donors (Lipinski definition) is 1. The van der Waals surface area contributed by atoms with E-state index in [-0.39, 0.29) is 4.88 Å². The number of thiazole rings is 1. The Kier molecular flexibility index (Phi) is 4.97. The minimum atomic E-state index is -1.04. The highest BCUT2D eigenvalue weighted by molar-refractivity contribution is 7.14. The first kappa shape index (κ1) is 14.3. The van der Waals surface area contributed by atoms with Crippen molar-refractivity contribution in [3.05, 3.63) is 40.0 Å². The van der Waals surface area contributed by atoms with Crippen LogP contribution in [-0.4, -0.2) is 16.1 Å². The van der Waals surface area contributed by atoms with Crippen LogP contribution < -0.4 is 0 Å². The molecule has 1 aromatic carbocycles. The molecule has 0 aliphatic rings. The SMILES string of the molecule is CC.Cc1nc(-c2cccc(F)c2)c(C(=O)O)s1. The lowest BCUT2D eigenvalue weighted by atomic mass is 10.1. The molecule has 0 atom stereocenters. The quantitative estimate of drug-likeness (QED) is 0.895. The molecule has 1 heterocycles. The van der Waals surface area contributed by atoms with E-state index in [0.29, 0.717) is 16.3 Å². The Hall–Kier alpha value is -1.75. The lowest BCUT2D eigenvalue weighted by Crippen LogP contribution is -1.95. The molecule has 0 spiro atoms. The summed E-state index contributed by atoms with van der Waals surface area (Å²) >= 11 is 1.09. The fraction of sp³-hybridized carbons (Fsp3) is 0.231. The zero-order valence-corrected chi connectivity index (χ0v) is 11.2. The molecule has 2 aromatic rings. The fourth-order valence-electron chi connectivity index (χ4n) is 1.40. The Morgan fingerprint density at radius 1 is 1.39 bits per heavy atom. The van der Waals surface area contributed by atoms with Crippen LogP contribution in [0.1, 0.15) is 28.5 Å². The minimum absolute atomic E-state index is 0.142. The number of benzene rings is 1. The molecule has 18 heavy (non-hydrogen) atoms. The number of carboxylic acid groups (broad SMARTS) is 1. The van der Waals surface area contributed by atoms with Gasteiger partial charge in [0.15, 0.2) is 0 Å². The Balaban J connectivity index is 0.000000771. The van der Waals surface area contributed by atoms with Gasteiger partial charge in [-0.1, -0.05) is 26.0 Å². The van der Waals surface area contributed by atoms with Gasteiger partial charge in [0.2, 0.25) is 0 Å². The van der Waals surface area contributed by atoms with E-state index >= 15 is 0 Å². The number of rotatable bonds is 2. The van der Waals surface area contributed by atoms with Crippen molar-refractivity contribution in [2.24, 2.45) is 0 Å². The number of aromatic nitrogens is 1. The summed E-state index contributed by atoms with van der Waals surface area (Å²) < 4.78 is 13.0. The molecule has 5 heteroatoms. The van der Waals surface area contributed by atoms with Crippen molar-refractivity contribution in [1.29, 1.82) is 0 Å². The van der Waals surface area contributed by atoms with Crippen LogP contribution in [-0.2, 0) is 0 Å². The van der Waals surface area contributed by atoms with Gasteiger partial charge in [-0.05, 0) is 19.1 Å². The van der Waals surface area contributed by atoms with Crippen LogP contribution in [0.5, 0.6) is 0 Å². The molecule has 1 aromatic heterocycles. The van der Waals surface area contributed by atoms with Gasteiger partial charge in [0.05, 0.1) is 10.7 Å². The van der Waals surface area contributed by atoms with Gasteiger partial charge >= 0.3 is 5.97 Å². The van der Waals surface area contributed by atoms with Crippen LogP contribution in [0.15, 0.2) is 24.3 Å². The van der Waals surface area contributed by atoms with Crippen LogP contribution >= 0.6 is 11.3 Å². The van der Waals surface area contributed by atoms with Gasteiger partial charge in [-0.25, -0.2) is 14.2 Å². The van der Waals surface area contributed by atoms with Crippen molar-refractivity contribution in [3.8, 4) is 11.3 Å². The van der Waals surface area contributed by atoms with E-state index in [9.17, 15) is 9.18 Å². The first-order valence-corrected chi connectivity index (χ1v) is 6.36. The molecule has 0 fully saturated rings. The van der Waals surface area contributed by atoms with E-state index in [0.717, 1.165) is 11.3 Å². The Labute approximate surface area is 109 Å². The summed E-state index contributed by atoms with van der Waals surface area (Å²) in [7, 11) is 0. The van der Waals surface area contributed by atoms with E-state index < -0.39 is 11.8 Å². The summed E-state index contributed by atoms with van der Waals surface area (Å²) in [5, 5.41) is 9.64. The molecular weight excluding hydrogens is 253 g/mol. The molecular formula is C13H14FNO2S. The number of halogens is 1. The van der Waals surface area contributed by atoms with Crippen LogP contribution in [0, 0.1) is 12.7 Å². The van der Waals surface area contributed by atoms with Crippen LogP contribution in [0.25, 0.3) is 11.3 Å². The largest absolute Gasteiger partial charge is 0.477 e. The smallest absolute Gasteiger partial charge is 0.348 e. The molecule has 3 nitrogen and oxygen atoms in total. The predicted molar refractivity (Wildman–Crippen MR) is 70.6 cm³/mol. The normalized spacial score (nSPS) is 9.56. The third-order valence-corrected chi connectivity index (χ3v) is 2.99. The average molecular weight is 267 g/mol. The maximum atomic E-state index is 13.0. The highest BCUT2D eigenvalue weighted by Crippen LogP contribution is 2.28. The first-order valence-electron chi connectivity index (χ1n) is 5.54. The Bertz CT molecular complexity index is 552. The lowest BCUT2D eigenvalue weighted by molar-refractivity contribution is 0.0702. The summed E-state index contributed by atoms with van der Waals surface area (Å²) in [6.07, 6.45) is 0. The standard InChI is InChI=1S/C11H8FNO2S.C2H6/c1-6-13-9(10(16-6)11(14)15)7-3-2-4-8(12)5-7;1-2/h2-5H,1H3,(H,14,15);1-2H3. The van der Waals surface area contributed by atoms with E-state index in [1.807, 2.05) is 13.8 Å². The number of aromatic carboxylic acids is 1. The van der Waals surface area contributed by atoms with Crippen molar-refractivity contribution in [2.45, 2.75) is 20.8 Å². The summed E-state index contributed by atoms with van der Waals surface area (Å²) in [4.78, 5) is 15.2. The molecule has 1 N–H and O–H groups in total. The molecule has 0 amide bonds. The number of carbonyl (C=O) groups is 1. The van der Waals surface area contributed by atoms with E-state index in [4.69, 9.17) is 5.11 Å². The van der Waals surface area contributed by atoms with Gasteiger partial charge in [-0.3, -0.25) is 0 Å². The van der Waals surface area contributed by atoms with E-state index in [1.165, 1.54) is 18.2 Å². The van der Waals surface area contributed by atoms with Gasteiger partial charge in [0.1, 0.15) is 10.7 Å². The third-order valence-electron chi connectivity index (χ3n) is 2.03. The van der Waals surface area contributed by atoms with E-state index in [1.54, 1.807) is 13.0 Å². The third kappa shape index (κ3) is 3.13. The Morgan fingerprint density at radius 2 is 2.06 bits per heavy atom. The molecule has 2 rings (SSSR count). The molecule has 0 saturated carbocycles. The van der Waals surface area contributed by atoms with Gasteiger partial charge in [0.25, 0.3) is 0 Å². The highest BCUT2D eigenvalue weighted by atomic mass is 32.1. The zero-order valence-electron chi connectivity index (χ0n) is 10.4. The number of aryl methyl sites for hydroxylation is 1. The van der Waals surface area contributed by atoms with Crippen molar-refractivity contribution in [1.82, 2.24) is 4.98 Å². The second kappa shape index (κ2) is 6.26. The van der Waals surface area contributed by atoms with Crippen molar-refractivity contribution < 1.29 is 14.3 Å². The summed E-state index contributed by atoms with van der Waals surface area (Å²) in [6.45, 7) is 5.72. The monoisotopic (exact) mass is 267 g/mol. The molecule has 96 valence electrons. The highest BCUT2D eigenvalue weighted by Gasteiger charge is 2.17. The molecule has 0 bridgehead atoms. The van der Waals surface area contributed by atoms with Crippen molar-refractivity contribution >= 4 is 17.3 Å². The Morgan fingerprint density at radius 3 is 2.61 bits per heavy atom. The first-order chi connectivity index (χ1) is 8.58. The minimum Gasteiger partial charge on any atom is -0.477 e. The summed E-state index contributed by atoms with van der Waals surface area (Å²) in [6, 6.07) is 5.76. The topological polar surface area (TPSA) is 50.2 Å². The molecule has 0 unspecified atom stereocenters. The van der Waals surface area contributed by atoms with Gasteiger partial charge in [0, 0.05) is 5.56 Å². The zero-order chi connectivity index (χ0) is 13.7. The molecule has 0 aliphatic carbocycles. The van der Waals surface area contributed by atoms with E-state index in [2.05, 4.69) is 4.98 Å². The van der Waals surface area contributed by atoms with Crippen molar-refractivity contribution in [3.63, 3.8) is 0 Å². The van der Waals surface area contributed by atoms with Gasteiger partial charge in [-0.2, -0.15) is 0 Å². The molecule has 0 aliphatic heterocycles. The van der Waals surface area contributed by atoms with Gasteiger partial charge < -0.3 is 5.11 Å². The van der Waals surface area contributed by atoms with Crippen LogP contribution in [0.3, 0.4) is 0 Å². The molecule has 0 radical (unpaired) electrons. The maximum Gasteiger partial charge on any atom is 0.348 e. The second-order valence-corrected chi connectivity index (χ2v) is 4.43. The molecule has 0 saturated heterocycles. The number of carboxylic acids is 1. The van der Waals surface area contributed by atoms with Crippen LogP contribution in [0.4, 0.5) is 4.39 Å². The predicted octanol–water partition coefficient (Wildman–Crippen LogP) is 3.98.